The molecule has 2 atom stereocenters. The van der Waals surface area contributed by atoms with Crippen LogP contribution in [0, 0.1) is 5.92 Å². The van der Waals surface area contributed by atoms with E-state index in [1.807, 2.05) is 37.3 Å². The molecule has 1 aliphatic heterocycles. The number of aromatic nitrogens is 1. The Morgan fingerprint density at radius 3 is 2.09 bits per heavy atom. The van der Waals surface area contributed by atoms with Crippen molar-refractivity contribution in [2.75, 3.05) is 13.1 Å². The van der Waals surface area contributed by atoms with Crippen LogP contribution in [-0.4, -0.2) is 40.2 Å². The second-order valence-electron chi connectivity index (χ2n) is 8.82. The molecule has 1 N–H and O–H groups in total. The molecular formula is C28H29N3O4. The minimum absolute atomic E-state index is 0.0374. The monoisotopic (exact) mass is 471 g/mol. The summed E-state index contributed by atoms with van der Waals surface area (Å²) >= 11 is 0. The molecule has 2 heterocycles. The highest BCUT2D eigenvalue weighted by Crippen LogP contribution is 2.23. The fourth-order valence-corrected chi connectivity index (χ4v) is 4.46. The van der Waals surface area contributed by atoms with Crippen molar-refractivity contribution in [3.63, 3.8) is 0 Å². The average molecular weight is 472 g/mol. The van der Waals surface area contributed by atoms with Crippen LogP contribution in [0.4, 0.5) is 0 Å². The van der Waals surface area contributed by atoms with Gasteiger partial charge in [-0.2, -0.15) is 0 Å². The molecule has 180 valence electrons. The molecule has 4 rings (SSSR count). The summed E-state index contributed by atoms with van der Waals surface area (Å²) in [7, 11) is 0. The Bertz CT molecular complexity index is 1230. The fraction of sp³-hybridized carbons (Fsp3) is 0.286. The number of pyridine rings is 1. The fourth-order valence-electron chi connectivity index (χ4n) is 4.46. The first-order valence-electron chi connectivity index (χ1n) is 11.9. The van der Waals surface area contributed by atoms with Crippen LogP contribution < -0.4 is 10.9 Å². The third-order valence-corrected chi connectivity index (χ3v) is 6.51. The molecule has 0 radical (unpaired) electrons. The van der Waals surface area contributed by atoms with Crippen molar-refractivity contribution < 1.29 is 14.4 Å². The Balaban J connectivity index is 1.46. The molecule has 35 heavy (non-hydrogen) atoms. The lowest BCUT2D eigenvalue weighted by atomic mass is 9.94. The van der Waals surface area contributed by atoms with E-state index >= 15 is 0 Å². The summed E-state index contributed by atoms with van der Waals surface area (Å²) in [6, 6.07) is 21.4. The van der Waals surface area contributed by atoms with E-state index in [-0.39, 0.29) is 17.9 Å². The van der Waals surface area contributed by atoms with Gasteiger partial charge in [-0.25, -0.2) is 0 Å². The molecule has 1 aliphatic rings. The number of piperidine rings is 1. The highest BCUT2D eigenvalue weighted by atomic mass is 16.2. The molecule has 0 bridgehead atoms. The molecule has 0 spiro atoms. The van der Waals surface area contributed by atoms with E-state index in [4.69, 9.17) is 0 Å². The number of ketones is 1. The topological polar surface area (TPSA) is 88.5 Å². The van der Waals surface area contributed by atoms with Crippen molar-refractivity contribution in [2.45, 2.75) is 31.8 Å². The summed E-state index contributed by atoms with van der Waals surface area (Å²) in [5, 5.41) is 3.06. The van der Waals surface area contributed by atoms with Gasteiger partial charge in [-0.3, -0.25) is 23.7 Å². The molecule has 7 nitrogen and oxygen atoms in total. The molecule has 1 aromatic heterocycles. The number of carbonyl (C=O) groups is 3. The number of rotatable bonds is 7. The summed E-state index contributed by atoms with van der Waals surface area (Å²) in [6.07, 6.45) is 2.46. The molecule has 7 heteroatoms. The van der Waals surface area contributed by atoms with Gasteiger partial charge in [0.15, 0.2) is 11.8 Å². The second kappa shape index (κ2) is 11.0. The van der Waals surface area contributed by atoms with Crippen molar-refractivity contribution in [1.29, 1.82) is 0 Å². The van der Waals surface area contributed by atoms with Crippen molar-refractivity contribution in [1.82, 2.24) is 14.8 Å². The minimum Gasteiger partial charge on any atom is -0.349 e. The van der Waals surface area contributed by atoms with E-state index in [9.17, 15) is 19.2 Å². The third-order valence-electron chi connectivity index (χ3n) is 6.51. The predicted molar refractivity (Wildman–Crippen MR) is 133 cm³/mol. The SMILES string of the molecule is C[C@@H](NC(=O)C1CCN(C(=O)C(C(=O)c2ccccc2)n2ccccc2=O)CC1)c1ccccc1. The molecule has 1 fully saturated rings. The maximum atomic E-state index is 13.5. The van der Waals surface area contributed by atoms with Crippen LogP contribution in [0.25, 0.3) is 0 Å². The van der Waals surface area contributed by atoms with Crippen molar-refractivity contribution in [2.24, 2.45) is 5.92 Å². The zero-order valence-electron chi connectivity index (χ0n) is 19.7. The van der Waals surface area contributed by atoms with Crippen molar-refractivity contribution in [3.05, 3.63) is 107 Å². The predicted octanol–water partition coefficient (Wildman–Crippen LogP) is 3.39. The van der Waals surface area contributed by atoms with E-state index in [1.165, 1.54) is 16.8 Å². The first-order chi connectivity index (χ1) is 17.0. The van der Waals surface area contributed by atoms with Crippen LogP contribution in [-0.2, 0) is 9.59 Å². The maximum absolute atomic E-state index is 13.5. The minimum atomic E-state index is -1.28. The van der Waals surface area contributed by atoms with Crippen LogP contribution in [0.2, 0.25) is 0 Å². The normalized spacial score (nSPS) is 15.7. The number of Topliss-reactive ketones (excluding diaryl/α,β-unsaturated/α-hetero) is 1. The first kappa shape index (κ1) is 24.1. The molecular weight excluding hydrogens is 442 g/mol. The highest BCUT2D eigenvalue weighted by molar-refractivity contribution is 6.11. The molecule has 2 amide bonds. The summed E-state index contributed by atoms with van der Waals surface area (Å²) in [5.74, 6) is -1.11. The standard InChI is InChI=1S/C28H29N3O4/c1-20(21-10-4-2-5-11-21)29-27(34)23-15-18-30(19-16-23)28(35)25(31-17-9-8-14-24(31)32)26(33)22-12-6-3-7-13-22/h2-14,17,20,23,25H,15-16,18-19H2,1H3,(H,29,34)/t20-,25?/m1/s1. The molecule has 0 aliphatic carbocycles. The maximum Gasteiger partial charge on any atom is 0.253 e. The van der Waals surface area contributed by atoms with Gasteiger partial charge in [0.05, 0.1) is 6.04 Å². The van der Waals surface area contributed by atoms with E-state index < -0.39 is 23.3 Å². The number of nitrogens with zero attached hydrogens (tertiary/aromatic N) is 2. The van der Waals surface area contributed by atoms with Crippen LogP contribution >= 0.6 is 0 Å². The Hall–Kier alpha value is -4.00. The lowest BCUT2D eigenvalue weighted by Crippen LogP contribution is -2.48. The summed E-state index contributed by atoms with van der Waals surface area (Å²) in [6.45, 7) is 2.64. The quantitative estimate of drug-likeness (QED) is 0.423. The number of likely N-dealkylation sites (tertiary alicyclic amines) is 1. The molecule has 1 unspecified atom stereocenters. The zero-order chi connectivity index (χ0) is 24.8. The number of nitrogens with one attached hydrogen (secondary N) is 1. The summed E-state index contributed by atoms with van der Waals surface area (Å²) in [5.41, 5.74) is 0.981. The van der Waals surface area contributed by atoms with Crippen LogP contribution in [0.1, 0.15) is 47.8 Å². The van der Waals surface area contributed by atoms with Gasteiger partial charge in [-0.15, -0.1) is 0 Å². The Morgan fingerprint density at radius 1 is 0.857 bits per heavy atom. The van der Waals surface area contributed by atoms with Gasteiger partial charge >= 0.3 is 0 Å². The number of carbonyl (C=O) groups excluding carboxylic acids is 3. The Labute approximate surface area is 204 Å². The third kappa shape index (κ3) is 5.57. The van der Waals surface area contributed by atoms with Gasteiger partial charge < -0.3 is 10.2 Å². The van der Waals surface area contributed by atoms with Gasteiger partial charge in [0.1, 0.15) is 0 Å². The molecule has 0 saturated carbocycles. The van der Waals surface area contributed by atoms with E-state index in [0.717, 1.165) is 5.56 Å². The number of benzene rings is 2. The van der Waals surface area contributed by atoms with Gasteiger partial charge in [0, 0.05) is 36.8 Å². The smallest absolute Gasteiger partial charge is 0.253 e. The largest absolute Gasteiger partial charge is 0.349 e. The number of amides is 2. The Morgan fingerprint density at radius 2 is 1.46 bits per heavy atom. The van der Waals surface area contributed by atoms with Gasteiger partial charge in [-0.1, -0.05) is 66.7 Å². The molecule has 2 aromatic carbocycles. The van der Waals surface area contributed by atoms with Gasteiger partial charge in [-0.05, 0) is 31.4 Å². The lowest BCUT2D eigenvalue weighted by molar-refractivity contribution is -0.137. The van der Waals surface area contributed by atoms with Gasteiger partial charge in [0.2, 0.25) is 5.91 Å². The summed E-state index contributed by atoms with van der Waals surface area (Å²) < 4.78 is 1.19. The Kier molecular flexibility index (Phi) is 7.55. The zero-order valence-corrected chi connectivity index (χ0v) is 19.7. The van der Waals surface area contributed by atoms with Crippen LogP contribution in [0.15, 0.2) is 89.9 Å². The number of hydrogen-bond acceptors (Lipinski definition) is 4. The molecule has 1 saturated heterocycles. The van der Waals surface area contributed by atoms with Crippen molar-refractivity contribution in [3.8, 4) is 0 Å². The van der Waals surface area contributed by atoms with E-state index in [1.54, 1.807) is 47.4 Å². The average Bonchev–Trinajstić information content (AvgIpc) is 2.90. The molecule has 3 aromatic rings. The van der Waals surface area contributed by atoms with Gasteiger partial charge in [0.25, 0.3) is 11.5 Å². The second-order valence-corrected chi connectivity index (χ2v) is 8.82. The first-order valence-corrected chi connectivity index (χ1v) is 11.9. The lowest BCUT2D eigenvalue weighted by Gasteiger charge is -2.34. The van der Waals surface area contributed by atoms with E-state index in [2.05, 4.69) is 5.32 Å². The van der Waals surface area contributed by atoms with Crippen molar-refractivity contribution >= 4 is 17.6 Å². The van der Waals surface area contributed by atoms with Crippen LogP contribution in [0.5, 0.6) is 0 Å². The highest BCUT2D eigenvalue weighted by Gasteiger charge is 2.36. The van der Waals surface area contributed by atoms with Crippen LogP contribution in [0.3, 0.4) is 0 Å². The number of hydrogen-bond donors (Lipinski definition) is 1. The van der Waals surface area contributed by atoms with E-state index in [0.29, 0.717) is 31.5 Å². The summed E-state index contributed by atoms with van der Waals surface area (Å²) in [4.78, 5) is 53.9.